The number of carboxylic acid groups (broad SMARTS) is 1. The summed E-state index contributed by atoms with van der Waals surface area (Å²) < 4.78 is 55.3. The number of imidazole rings is 1. The van der Waals surface area contributed by atoms with Gasteiger partial charge in [0.15, 0.2) is 11.7 Å². The molecule has 2 unspecified atom stereocenters. The molecule has 2 heterocycles. The van der Waals surface area contributed by atoms with Crippen LogP contribution in [0.25, 0.3) is 0 Å². The van der Waals surface area contributed by atoms with Crippen molar-refractivity contribution in [3.8, 4) is 0 Å². The van der Waals surface area contributed by atoms with Gasteiger partial charge in [0.25, 0.3) is 0 Å². The maximum atomic E-state index is 12.6. The molecule has 23 heavy (non-hydrogen) atoms. The topological polar surface area (TPSA) is 81.4 Å². The Morgan fingerprint density at radius 1 is 1.52 bits per heavy atom. The lowest BCUT2D eigenvalue weighted by molar-refractivity contribution is -0.801. The van der Waals surface area contributed by atoms with Crippen LogP contribution < -0.4 is 0 Å². The fraction of sp³-hybridized carbons (Fsp3) is 0.667. The number of quaternary nitrogens is 1. The van der Waals surface area contributed by atoms with E-state index in [1.54, 1.807) is 20.8 Å². The molecule has 3 atom stereocenters. The molecule has 0 bridgehead atoms. The highest BCUT2D eigenvalue weighted by molar-refractivity contribution is 7.74. The number of aromatic nitrogens is 2. The number of amides is 1. The van der Waals surface area contributed by atoms with Crippen LogP contribution >= 0.6 is 0 Å². The molecule has 1 aliphatic rings. The third-order valence-electron chi connectivity index (χ3n) is 3.74. The van der Waals surface area contributed by atoms with Gasteiger partial charge in [0.05, 0.1) is 12.9 Å². The number of rotatable bonds is 2. The lowest BCUT2D eigenvalue weighted by atomic mass is 10.0. The van der Waals surface area contributed by atoms with Gasteiger partial charge in [-0.15, -0.1) is 3.89 Å². The van der Waals surface area contributed by atoms with E-state index in [4.69, 9.17) is 4.18 Å². The molecule has 11 heteroatoms. The Morgan fingerprint density at radius 2 is 2.13 bits per heavy atom. The molecule has 7 nitrogen and oxygen atoms in total. The minimum absolute atomic E-state index is 0.113. The molecule has 0 saturated carbocycles. The first-order valence-corrected chi connectivity index (χ1v) is 7.71. The Morgan fingerprint density at radius 3 is 2.57 bits per heavy atom. The van der Waals surface area contributed by atoms with E-state index in [1.807, 2.05) is 0 Å². The summed E-state index contributed by atoms with van der Waals surface area (Å²) in [6.07, 6.45) is -4.17. The molecule has 1 aromatic heterocycles. The predicted octanol–water partition coefficient (Wildman–Crippen LogP) is 2.17. The van der Waals surface area contributed by atoms with Crippen molar-refractivity contribution in [2.75, 3.05) is 6.61 Å². The van der Waals surface area contributed by atoms with Crippen molar-refractivity contribution in [2.45, 2.75) is 45.1 Å². The van der Waals surface area contributed by atoms with Gasteiger partial charge in [-0.1, -0.05) is 0 Å². The molecule has 130 valence electrons. The van der Waals surface area contributed by atoms with E-state index in [1.165, 1.54) is 0 Å². The van der Waals surface area contributed by atoms with Gasteiger partial charge in [0.2, 0.25) is 0 Å². The van der Waals surface area contributed by atoms with E-state index in [2.05, 4.69) is 4.98 Å². The maximum absolute atomic E-state index is 12.6. The van der Waals surface area contributed by atoms with Crippen LogP contribution in [0, 0.1) is 0 Å². The summed E-state index contributed by atoms with van der Waals surface area (Å²) in [5, 5.41) is 9.65. The van der Waals surface area contributed by atoms with E-state index in [9.17, 15) is 27.3 Å². The highest BCUT2D eigenvalue weighted by Gasteiger charge is 2.64. The third kappa shape index (κ3) is 2.88. The van der Waals surface area contributed by atoms with Crippen molar-refractivity contribution < 1.29 is 35.4 Å². The summed E-state index contributed by atoms with van der Waals surface area (Å²) in [5.41, 5.74) is -2.05. The van der Waals surface area contributed by atoms with Crippen LogP contribution in [-0.2, 0) is 28.2 Å². The SMILES string of the molecule is CC(C)(C)[N+]1(C(=O)O)[C@@H](Cn2cnc(C(F)(F)F)c2)COS1=O. The molecule has 2 rings (SSSR count). The quantitative estimate of drug-likeness (QED) is 0.822. The van der Waals surface area contributed by atoms with Gasteiger partial charge in [0.1, 0.15) is 12.1 Å². The molecule has 1 saturated heterocycles. The molecule has 1 aromatic rings. The lowest BCUT2D eigenvalue weighted by Gasteiger charge is -2.39. The molecule has 1 fully saturated rings. The van der Waals surface area contributed by atoms with Crippen LogP contribution in [0.5, 0.6) is 0 Å². The molecular weight excluding hydrogens is 339 g/mol. The molecule has 0 aromatic carbocycles. The first-order valence-electron chi connectivity index (χ1n) is 6.67. The second-order valence-electron chi connectivity index (χ2n) is 6.22. The average Bonchev–Trinajstić information content (AvgIpc) is 2.93. The van der Waals surface area contributed by atoms with Crippen molar-refractivity contribution in [1.82, 2.24) is 9.55 Å². The molecule has 1 N–H and O–H groups in total. The fourth-order valence-electron chi connectivity index (χ4n) is 2.74. The van der Waals surface area contributed by atoms with Crippen LogP contribution in [0.4, 0.5) is 18.0 Å². The van der Waals surface area contributed by atoms with Crippen LogP contribution in [0.15, 0.2) is 12.5 Å². The predicted molar refractivity (Wildman–Crippen MR) is 73.1 cm³/mol. The number of hydrogen-bond donors (Lipinski definition) is 1. The third-order valence-corrected chi connectivity index (χ3v) is 5.55. The monoisotopic (exact) mass is 356 g/mol. The van der Waals surface area contributed by atoms with Gasteiger partial charge >= 0.3 is 23.5 Å². The standard InChI is InChI=1S/C12H16F3N3O4S/c1-11(2,3)18(10(19)20)8(6-22-23(18)21)4-17-5-9(16-7-17)12(13,14)15/h5,7-8H,4,6H2,1-3H3/p+1/t8-,18?,23?/m0/s1. The minimum Gasteiger partial charge on any atom is -0.435 e. The first kappa shape index (κ1) is 17.9. The smallest absolute Gasteiger partial charge is 0.435 e. The van der Waals surface area contributed by atoms with Crippen LogP contribution in [0.2, 0.25) is 0 Å². The van der Waals surface area contributed by atoms with Gasteiger partial charge in [-0.3, -0.25) is 0 Å². The van der Waals surface area contributed by atoms with Crippen molar-refractivity contribution in [3.05, 3.63) is 18.2 Å². The largest absolute Gasteiger partial charge is 0.530 e. The Bertz CT molecular complexity index is 640. The van der Waals surface area contributed by atoms with Crippen LogP contribution in [0.3, 0.4) is 0 Å². The Hall–Kier alpha value is -1.46. The van der Waals surface area contributed by atoms with E-state index in [-0.39, 0.29) is 13.2 Å². The van der Waals surface area contributed by atoms with Gasteiger partial charge in [-0.2, -0.15) is 22.2 Å². The van der Waals surface area contributed by atoms with Gasteiger partial charge < -0.3 is 9.67 Å². The van der Waals surface area contributed by atoms with Crippen LogP contribution in [0.1, 0.15) is 26.5 Å². The average molecular weight is 356 g/mol. The summed E-state index contributed by atoms with van der Waals surface area (Å²) in [6, 6.07) is -0.816. The second kappa shape index (κ2) is 5.56. The highest BCUT2D eigenvalue weighted by atomic mass is 32.2. The number of halogens is 3. The number of nitrogens with zero attached hydrogens (tertiary/aromatic N) is 3. The van der Waals surface area contributed by atoms with Gasteiger partial charge in [0, 0.05) is 6.20 Å². The second-order valence-corrected chi connectivity index (χ2v) is 7.47. The Balaban J connectivity index is 2.37. The summed E-state index contributed by atoms with van der Waals surface area (Å²) in [7, 11) is 0. The van der Waals surface area contributed by atoms with Crippen LogP contribution in [-0.4, -0.2) is 47.0 Å². The zero-order valence-corrected chi connectivity index (χ0v) is 13.5. The van der Waals surface area contributed by atoms with Gasteiger partial charge in [-0.05, 0) is 20.8 Å². The highest BCUT2D eigenvalue weighted by Crippen LogP contribution is 2.38. The van der Waals surface area contributed by atoms with Crippen molar-refractivity contribution in [2.24, 2.45) is 0 Å². The molecular formula is C12H17F3N3O4S+. The van der Waals surface area contributed by atoms with E-state index < -0.39 is 44.7 Å². The Labute approximate surface area is 133 Å². The molecule has 1 aliphatic heterocycles. The molecule has 0 aliphatic carbocycles. The first-order chi connectivity index (χ1) is 10.4. The minimum atomic E-state index is -4.58. The molecule has 1 amide bonds. The summed E-state index contributed by atoms with van der Waals surface area (Å²) in [6.45, 7) is 4.52. The number of hydrogen-bond acceptors (Lipinski definition) is 4. The summed E-state index contributed by atoms with van der Waals surface area (Å²) in [5.74, 6) is 0. The van der Waals surface area contributed by atoms with Crippen molar-refractivity contribution >= 4 is 17.4 Å². The fourth-order valence-corrected chi connectivity index (χ4v) is 4.13. The zero-order valence-electron chi connectivity index (χ0n) is 12.7. The van der Waals surface area contributed by atoms with Crippen molar-refractivity contribution in [3.63, 3.8) is 0 Å². The molecule has 0 spiro atoms. The van der Waals surface area contributed by atoms with E-state index in [0.29, 0.717) is 0 Å². The van der Waals surface area contributed by atoms with Crippen molar-refractivity contribution in [1.29, 1.82) is 0 Å². The molecule has 0 radical (unpaired) electrons. The summed E-state index contributed by atoms with van der Waals surface area (Å²) >= 11 is -2.15. The lowest BCUT2D eigenvalue weighted by Crippen LogP contribution is -2.67. The Kier molecular flexibility index (Phi) is 4.33. The number of alkyl halides is 3. The van der Waals surface area contributed by atoms with E-state index >= 15 is 0 Å². The maximum Gasteiger partial charge on any atom is 0.530 e. The number of carbonyl (C=O) groups is 1. The van der Waals surface area contributed by atoms with E-state index in [0.717, 1.165) is 17.1 Å². The normalized spacial score (nSPS) is 29.0. The summed E-state index contributed by atoms with van der Waals surface area (Å²) in [4.78, 5) is 15.1. The van der Waals surface area contributed by atoms with Gasteiger partial charge in [-0.25, -0.2) is 9.17 Å². The zero-order chi connectivity index (χ0) is 17.6.